The Morgan fingerprint density at radius 3 is 2.46 bits per heavy atom. The van der Waals surface area contributed by atoms with Crippen molar-refractivity contribution < 1.29 is 29.3 Å². The summed E-state index contributed by atoms with van der Waals surface area (Å²) in [5, 5.41) is 25.4. The molecule has 2 rings (SSSR count). The Bertz CT molecular complexity index is 698. The number of hydrogen-bond donors (Lipinski definition) is 5. The Kier molecular flexibility index (Phi) is 6.86. The van der Waals surface area contributed by atoms with Crippen molar-refractivity contribution >= 4 is 41.0 Å². The quantitative estimate of drug-likeness (QED) is 0.300. The predicted octanol–water partition coefficient (Wildman–Crippen LogP) is 0.0253. The molecule has 0 unspecified atom stereocenters. The number of nitrogens with two attached hydrogens (primary N) is 1. The van der Waals surface area contributed by atoms with E-state index < -0.39 is 58.4 Å². The topological polar surface area (TPSA) is 151 Å². The van der Waals surface area contributed by atoms with E-state index in [1.807, 2.05) is 0 Å². The van der Waals surface area contributed by atoms with E-state index in [1.54, 1.807) is 0 Å². The Balaban J connectivity index is 2.33. The number of alkyl halides is 2. The zero-order valence-electron chi connectivity index (χ0n) is 15.7. The molecule has 0 bridgehead atoms. The Morgan fingerprint density at radius 2 is 1.93 bits per heavy atom. The van der Waals surface area contributed by atoms with Gasteiger partial charge in [-0.05, 0) is 27.2 Å². The van der Waals surface area contributed by atoms with Crippen molar-refractivity contribution in [2.45, 2.75) is 68.3 Å². The van der Waals surface area contributed by atoms with Crippen LogP contribution in [-0.4, -0.2) is 62.7 Å². The van der Waals surface area contributed by atoms with Crippen molar-refractivity contribution in [2.24, 2.45) is 11.7 Å². The maximum absolute atomic E-state index is 12.7. The smallest absolute Gasteiger partial charge is 0.338 e. The van der Waals surface area contributed by atoms with Gasteiger partial charge in [-0.2, -0.15) is 0 Å². The molecule has 6 atom stereocenters. The van der Waals surface area contributed by atoms with Crippen molar-refractivity contribution in [3.05, 3.63) is 11.3 Å². The molecule has 28 heavy (non-hydrogen) atoms. The molecule has 0 aromatic rings. The fraction of sp³-hybridized carbons (Fsp3) is 0.706. The van der Waals surface area contributed by atoms with Crippen LogP contribution >= 0.6 is 23.2 Å². The molecular weight excluding hydrogens is 413 g/mol. The third-order valence-corrected chi connectivity index (χ3v) is 5.95. The van der Waals surface area contributed by atoms with Crippen molar-refractivity contribution in [2.75, 3.05) is 0 Å². The molecule has 11 heteroatoms. The van der Waals surface area contributed by atoms with Crippen molar-refractivity contribution in [1.82, 2.24) is 10.6 Å². The van der Waals surface area contributed by atoms with Gasteiger partial charge in [0.25, 0.3) is 0 Å². The number of rotatable bonds is 5. The zero-order chi connectivity index (χ0) is 21.4. The number of amides is 2. The van der Waals surface area contributed by atoms with Gasteiger partial charge in [-0.3, -0.25) is 9.59 Å². The summed E-state index contributed by atoms with van der Waals surface area (Å²) in [5.74, 6) is -2.97. The highest BCUT2D eigenvalue weighted by atomic mass is 35.5. The van der Waals surface area contributed by atoms with Gasteiger partial charge in [0.1, 0.15) is 16.6 Å². The predicted molar refractivity (Wildman–Crippen MR) is 102 cm³/mol. The Hall–Kier alpha value is -1.55. The Morgan fingerprint density at radius 1 is 1.32 bits per heavy atom. The first kappa shape index (κ1) is 22.7. The van der Waals surface area contributed by atoms with Gasteiger partial charge in [0.2, 0.25) is 11.8 Å². The van der Waals surface area contributed by atoms with E-state index in [4.69, 9.17) is 33.7 Å². The van der Waals surface area contributed by atoms with Crippen molar-refractivity contribution in [3.8, 4) is 0 Å². The number of cyclic esters (lactones) is 1. The molecule has 6 N–H and O–H groups in total. The van der Waals surface area contributed by atoms with E-state index in [-0.39, 0.29) is 24.2 Å². The molecule has 2 aliphatic rings. The van der Waals surface area contributed by atoms with Crippen molar-refractivity contribution in [3.63, 3.8) is 0 Å². The van der Waals surface area contributed by atoms with E-state index in [2.05, 4.69) is 10.6 Å². The number of carbonyl (C=O) groups excluding carboxylic acids is 3. The van der Waals surface area contributed by atoms with E-state index in [0.29, 0.717) is 0 Å². The fourth-order valence-corrected chi connectivity index (χ4v) is 3.80. The second kappa shape index (κ2) is 8.44. The second-order valence-corrected chi connectivity index (χ2v) is 8.54. The highest BCUT2D eigenvalue weighted by Gasteiger charge is 2.56. The number of aliphatic hydroxyl groups excluding tert-OH is 2. The maximum Gasteiger partial charge on any atom is 0.338 e. The summed E-state index contributed by atoms with van der Waals surface area (Å²) in [5.41, 5.74) is 3.95. The normalized spacial score (nSPS) is 32.3. The van der Waals surface area contributed by atoms with Gasteiger partial charge in [0.05, 0.1) is 23.8 Å². The lowest BCUT2D eigenvalue weighted by atomic mass is 9.72. The molecular formula is C17H25Cl2N3O6. The molecule has 1 saturated heterocycles. The second-order valence-electron chi connectivity index (χ2n) is 7.44. The molecule has 1 heterocycles. The number of aliphatic hydroxyl groups is 2. The molecule has 0 aromatic heterocycles. The van der Waals surface area contributed by atoms with Crippen LogP contribution in [0.4, 0.5) is 0 Å². The van der Waals surface area contributed by atoms with Crippen LogP contribution in [0.1, 0.15) is 33.6 Å². The number of nitrogens with one attached hydrogen (secondary N) is 2. The fourth-order valence-electron chi connectivity index (χ4n) is 3.44. The summed E-state index contributed by atoms with van der Waals surface area (Å²) in [6.07, 6.45) is -0.914. The lowest BCUT2D eigenvalue weighted by Gasteiger charge is -2.48. The number of halogens is 2. The average Bonchev–Trinajstić information content (AvgIpc) is 2.56. The first-order valence-corrected chi connectivity index (χ1v) is 9.73. The molecule has 1 aliphatic carbocycles. The highest BCUT2D eigenvalue weighted by molar-refractivity contribution is 6.45. The monoisotopic (exact) mass is 437 g/mol. The van der Waals surface area contributed by atoms with Crippen LogP contribution in [0.5, 0.6) is 0 Å². The molecule has 158 valence electrons. The minimum absolute atomic E-state index is 0.0191. The average molecular weight is 438 g/mol. The number of carbonyl (C=O) groups is 3. The van der Waals surface area contributed by atoms with Crippen LogP contribution in [0.3, 0.4) is 0 Å². The van der Waals surface area contributed by atoms with Crippen LogP contribution in [0.25, 0.3) is 0 Å². The van der Waals surface area contributed by atoms with Gasteiger partial charge in [-0.1, -0.05) is 0 Å². The number of ether oxygens (including phenoxy) is 1. The van der Waals surface area contributed by atoms with Crippen molar-refractivity contribution in [1.29, 1.82) is 0 Å². The van der Waals surface area contributed by atoms with Gasteiger partial charge in [-0.25, -0.2) is 4.79 Å². The molecule has 1 fully saturated rings. The zero-order valence-corrected chi connectivity index (χ0v) is 17.3. The van der Waals surface area contributed by atoms with E-state index in [9.17, 15) is 24.6 Å². The summed E-state index contributed by atoms with van der Waals surface area (Å²) < 4.78 is 5.40. The lowest BCUT2D eigenvalue weighted by Crippen LogP contribution is -2.66. The number of hydrogen-bond acceptors (Lipinski definition) is 7. The summed E-state index contributed by atoms with van der Waals surface area (Å²) in [7, 11) is 0. The summed E-state index contributed by atoms with van der Waals surface area (Å²) in [6.45, 7) is 4.40. The SMILES string of the molecule is C[C@H](N)C(=O)N[C@@H](C)C(=O)N[C@@H]1[C@@H]2C[C@H](O)CC(O)=C2C(=O)O[C@]1(C)C(Cl)Cl. The molecule has 0 aromatic carbocycles. The van der Waals surface area contributed by atoms with E-state index >= 15 is 0 Å². The minimum atomic E-state index is -1.52. The molecule has 0 radical (unpaired) electrons. The lowest BCUT2D eigenvalue weighted by molar-refractivity contribution is -0.167. The first-order valence-electron chi connectivity index (χ1n) is 8.86. The standard InChI is InChI=1S/C17H25Cl2N3O6/c1-6(20)13(25)21-7(2)14(26)22-12-9-4-8(23)5-10(24)11(9)15(27)28-17(12,3)16(18)19/h6-9,12,16,23-24H,4-5,20H2,1-3H3,(H,21,25)(H,22,26)/t6-,7-,8-,9+,12+,17-/m0/s1. The van der Waals surface area contributed by atoms with Crippen LogP contribution in [0, 0.1) is 5.92 Å². The minimum Gasteiger partial charge on any atom is -0.512 e. The molecule has 0 spiro atoms. The van der Waals surface area contributed by atoms with Crippen LogP contribution in [-0.2, 0) is 19.1 Å². The van der Waals surface area contributed by atoms with E-state index in [0.717, 1.165) is 0 Å². The maximum atomic E-state index is 12.7. The summed E-state index contributed by atoms with van der Waals surface area (Å²) in [4.78, 5) is 35.6. The summed E-state index contributed by atoms with van der Waals surface area (Å²) >= 11 is 12.1. The first-order chi connectivity index (χ1) is 12.9. The van der Waals surface area contributed by atoms with E-state index in [1.165, 1.54) is 20.8 Å². The van der Waals surface area contributed by atoms with Gasteiger partial charge in [0, 0.05) is 12.3 Å². The number of esters is 1. The molecule has 1 aliphatic heterocycles. The third-order valence-electron chi connectivity index (χ3n) is 5.09. The van der Waals surface area contributed by atoms with Gasteiger partial charge in [-0.15, -0.1) is 23.2 Å². The van der Waals surface area contributed by atoms with Crippen LogP contribution in [0.15, 0.2) is 11.3 Å². The third kappa shape index (κ3) is 4.37. The summed E-state index contributed by atoms with van der Waals surface area (Å²) in [6, 6.07) is -2.69. The highest BCUT2D eigenvalue weighted by Crippen LogP contribution is 2.44. The molecule has 0 saturated carbocycles. The largest absolute Gasteiger partial charge is 0.512 e. The van der Waals surface area contributed by atoms with Crippen LogP contribution in [0.2, 0.25) is 0 Å². The van der Waals surface area contributed by atoms with Crippen LogP contribution < -0.4 is 16.4 Å². The molecule has 2 amide bonds. The Labute approximate surface area is 172 Å². The van der Waals surface area contributed by atoms with Gasteiger partial charge >= 0.3 is 5.97 Å². The van der Waals surface area contributed by atoms with Gasteiger partial charge in [0.15, 0.2) is 5.60 Å². The molecule has 9 nitrogen and oxygen atoms in total. The number of fused-ring (bicyclic) bond motifs is 1. The van der Waals surface area contributed by atoms with Gasteiger partial charge < -0.3 is 31.3 Å².